The van der Waals surface area contributed by atoms with Crippen LogP contribution in [0.4, 0.5) is 19.0 Å². The van der Waals surface area contributed by atoms with Crippen molar-refractivity contribution in [2.24, 2.45) is 0 Å². The van der Waals surface area contributed by atoms with Crippen molar-refractivity contribution in [2.75, 3.05) is 11.9 Å². The minimum absolute atomic E-state index is 0.0514. The summed E-state index contributed by atoms with van der Waals surface area (Å²) in [7, 11) is 0. The molecule has 2 aromatic heterocycles. The number of pyridine rings is 1. The second-order valence-electron chi connectivity index (χ2n) is 6.57. The van der Waals surface area contributed by atoms with Gasteiger partial charge in [-0.15, -0.1) is 0 Å². The Morgan fingerprint density at radius 1 is 1.14 bits per heavy atom. The molecule has 150 valence electrons. The normalized spacial score (nSPS) is 12.4. The third-order valence-corrected chi connectivity index (χ3v) is 4.27. The molecular formula is C20H19F3N6. The van der Waals surface area contributed by atoms with Crippen LogP contribution >= 0.6 is 0 Å². The van der Waals surface area contributed by atoms with Crippen molar-refractivity contribution >= 4 is 5.82 Å². The number of H-pyrrole nitrogens is 1. The summed E-state index contributed by atoms with van der Waals surface area (Å²) in [5.74, 6) is 0.383. The molecule has 0 amide bonds. The van der Waals surface area contributed by atoms with Gasteiger partial charge >= 0.3 is 6.18 Å². The fourth-order valence-electron chi connectivity index (χ4n) is 2.78. The van der Waals surface area contributed by atoms with Crippen LogP contribution in [0.2, 0.25) is 0 Å². The maximum Gasteiger partial charge on any atom is 0.417 e. The number of halogens is 3. The van der Waals surface area contributed by atoms with Crippen LogP contribution in [0.1, 0.15) is 23.6 Å². The fraction of sp³-hybridized carbons (Fsp3) is 0.250. The Morgan fingerprint density at radius 2 is 1.90 bits per heavy atom. The van der Waals surface area contributed by atoms with Crippen molar-refractivity contribution in [3.63, 3.8) is 0 Å². The van der Waals surface area contributed by atoms with Crippen LogP contribution in [-0.4, -0.2) is 27.8 Å². The number of nitriles is 1. The number of rotatable bonds is 7. The summed E-state index contributed by atoms with van der Waals surface area (Å²) in [5, 5.41) is 22.3. The third-order valence-electron chi connectivity index (χ3n) is 4.27. The van der Waals surface area contributed by atoms with Crippen LogP contribution in [0.25, 0.3) is 11.3 Å². The van der Waals surface area contributed by atoms with Gasteiger partial charge in [-0.1, -0.05) is 12.1 Å². The highest BCUT2D eigenvalue weighted by Crippen LogP contribution is 2.28. The number of nitrogens with zero attached hydrogens (tertiary/aromatic N) is 3. The second-order valence-corrected chi connectivity index (χ2v) is 6.57. The van der Waals surface area contributed by atoms with E-state index in [4.69, 9.17) is 5.26 Å². The van der Waals surface area contributed by atoms with E-state index in [1.165, 1.54) is 6.07 Å². The largest absolute Gasteiger partial charge is 0.417 e. The van der Waals surface area contributed by atoms with Gasteiger partial charge in [-0.3, -0.25) is 5.10 Å². The van der Waals surface area contributed by atoms with Crippen LogP contribution in [0.5, 0.6) is 0 Å². The Morgan fingerprint density at radius 3 is 2.52 bits per heavy atom. The summed E-state index contributed by atoms with van der Waals surface area (Å²) in [6, 6.07) is 11.6. The highest BCUT2D eigenvalue weighted by Gasteiger charge is 2.30. The fourth-order valence-corrected chi connectivity index (χ4v) is 2.78. The summed E-state index contributed by atoms with van der Waals surface area (Å²) in [6.07, 6.45) is -1.84. The molecule has 0 spiro atoms. The van der Waals surface area contributed by atoms with Crippen LogP contribution < -0.4 is 10.6 Å². The average molecular weight is 400 g/mol. The zero-order valence-electron chi connectivity index (χ0n) is 15.6. The van der Waals surface area contributed by atoms with Gasteiger partial charge < -0.3 is 10.6 Å². The number of aromatic amines is 1. The van der Waals surface area contributed by atoms with Crippen LogP contribution in [-0.2, 0) is 12.7 Å². The molecule has 0 fully saturated rings. The predicted octanol–water partition coefficient (Wildman–Crippen LogP) is 3.95. The molecule has 1 atom stereocenters. The Kier molecular flexibility index (Phi) is 6.14. The molecule has 3 rings (SSSR count). The van der Waals surface area contributed by atoms with Gasteiger partial charge in [0.2, 0.25) is 0 Å². The molecule has 1 aromatic carbocycles. The van der Waals surface area contributed by atoms with Crippen molar-refractivity contribution in [1.29, 1.82) is 5.26 Å². The molecule has 0 aliphatic carbocycles. The molecule has 29 heavy (non-hydrogen) atoms. The van der Waals surface area contributed by atoms with Crippen molar-refractivity contribution < 1.29 is 13.2 Å². The Bertz CT molecular complexity index is 971. The molecular weight excluding hydrogens is 381 g/mol. The Hall–Kier alpha value is -3.38. The lowest BCUT2D eigenvalue weighted by atomic mass is 10.1. The van der Waals surface area contributed by atoms with E-state index in [1.54, 1.807) is 18.3 Å². The van der Waals surface area contributed by atoms with Crippen molar-refractivity contribution in [2.45, 2.75) is 25.7 Å². The maximum atomic E-state index is 12.6. The highest BCUT2D eigenvalue weighted by molar-refractivity contribution is 5.63. The third kappa shape index (κ3) is 5.33. The lowest BCUT2D eigenvalue weighted by molar-refractivity contribution is -0.137. The zero-order valence-corrected chi connectivity index (χ0v) is 15.6. The molecule has 0 aliphatic heterocycles. The van der Waals surface area contributed by atoms with Gasteiger partial charge in [0.1, 0.15) is 5.82 Å². The molecule has 0 unspecified atom stereocenters. The highest BCUT2D eigenvalue weighted by atomic mass is 19.4. The smallest absolute Gasteiger partial charge is 0.366 e. The number of alkyl halides is 3. The van der Waals surface area contributed by atoms with Crippen molar-refractivity contribution in [3.05, 3.63) is 65.5 Å². The van der Waals surface area contributed by atoms with E-state index in [-0.39, 0.29) is 6.04 Å². The predicted molar refractivity (Wildman–Crippen MR) is 103 cm³/mol. The number of benzene rings is 1. The summed E-state index contributed by atoms with van der Waals surface area (Å²) < 4.78 is 37.8. The first-order chi connectivity index (χ1) is 13.9. The summed E-state index contributed by atoms with van der Waals surface area (Å²) >= 11 is 0. The second kappa shape index (κ2) is 8.75. The number of nitrogens with one attached hydrogen (secondary N) is 3. The SMILES string of the molecule is C[C@H](CNCc1cn[nH]c1-c1ccc(C#N)cc1)Nc1ccc(C(F)(F)F)cn1. The first-order valence-electron chi connectivity index (χ1n) is 8.90. The van der Waals surface area contributed by atoms with Gasteiger partial charge in [-0.05, 0) is 36.8 Å². The number of anilines is 1. The van der Waals surface area contributed by atoms with Gasteiger partial charge in [0.25, 0.3) is 0 Å². The monoisotopic (exact) mass is 400 g/mol. The topological polar surface area (TPSA) is 89.4 Å². The molecule has 3 aromatic rings. The Labute approximate surface area is 165 Å². The molecule has 2 heterocycles. The van der Waals surface area contributed by atoms with Crippen molar-refractivity contribution in [1.82, 2.24) is 20.5 Å². The van der Waals surface area contributed by atoms with Gasteiger partial charge in [-0.2, -0.15) is 23.5 Å². The van der Waals surface area contributed by atoms with Crippen LogP contribution in [0, 0.1) is 11.3 Å². The minimum atomic E-state index is -4.39. The van der Waals surface area contributed by atoms with E-state index in [2.05, 4.69) is 31.9 Å². The summed E-state index contributed by atoms with van der Waals surface area (Å²) in [4.78, 5) is 3.81. The number of hydrogen-bond acceptors (Lipinski definition) is 5. The standard InChI is InChI=1S/C20H19F3N6/c1-13(28-18-7-6-17(12-26-18)20(21,22)23)9-25-10-16-11-27-29-19(16)15-4-2-14(8-24)3-5-15/h2-7,11-13,25H,9-10H2,1H3,(H,26,28)(H,27,29)/t13-/m1/s1. The molecule has 9 heteroatoms. The van der Waals surface area contributed by atoms with Gasteiger partial charge in [0, 0.05) is 30.9 Å². The molecule has 0 aliphatic rings. The lowest BCUT2D eigenvalue weighted by Crippen LogP contribution is -2.30. The first-order valence-corrected chi connectivity index (χ1v) is 8.90. The van der Waals surface area contributed by atoms with E-state index in [0.717, 1.165) is 29.1 Å². The molecule has 0 saturated carbocycles. The molecule has 0 radical (unpaired) electrons. The average Bonchev–Trinajstić information content (AvgIpc) is 3.16. The van der Waals surface area contributed by atoms with Gasteiger partial charge in [0.05, 0.1) is 29.1 Å². The summed E-state index contributed by atoms with van der Waals surface area (Å²) in [6.45, 7) is 3.03. The Balaban J connectivity index is 1.52. The number of aromatic nitrogens is 3. The first kappa shape index (κ1) is 20.4. The van der Waals surface area contributed by atoms with E-state index in [9.17, 15) is 13.2 Å². The van der Waals surface area contributed by atoms with Gasteiger partial charge in [0.15, 0.2) is 0 Å². The zero-order chi connectivity index (χ0) is 20.9. The van der Waals surface area contributed by atoms with Gasteiger partial charge in [-0.25, -0.2) is 4.98 Å². The minimum Gasteiger partial charge on any atom is -0.366 e. The molecule has 0 bridgehead atoms. The number of hydrogen-bond donors (Lipinski definition) is 3. The van der Waals surface area contributed by atoms with E-state index in [0.29, 0.717) is 24.5 Å². The van der Waals surface area contributed by atoms with Crippen molar-refractivity contribution in [3.8, 4) is 17.3 Å². The maximum absolute atomic E-state index is 12.6. The van der Waals surface area contributed by atoms with E-state index < -0.39 is 11.7 Å². The molecule has 3 N–H and O–H groups in total. The molecule has 0 saturated heterocycles. The quantitative estimate of drug-likeness (QED) is 0.559. The van der Waals surface area contributed by atoms with E-state index in [1.807, 2.05) is 19.1 Å². The lowest BCUT2D eigenvalue weighted by Gasteiger charge is -2.16. The van der Waals surface area contributed by atoms with E-state index >= 15 is 0 Å². The summed E-state index contributed by atoms with van der Waals surface area (Å²) in [5.41, 5.74) is 2.58. The van der Waals surface area contributed by atoms with Crippen LogP contribution in [0.3, 0.4) is 0 Å². The molecule has 6 nitrogen and oxygen atoms in total. The van der Waals surface area contributed by atoms with Crippen LogP contribution in [0.15, 0.2) is 48.8 Å².